The van der Waals surface area contributed by atoms with Crippen LogP contribution >= 0.6 is 22.9 Å². The fourth-order valence-corrected chi connectivity index (χ4v) is 2.98. The van der Waals surface area contributed by atoms with Gasteiger partial charge >= 0.3 is 5.97 Å². The molecule has 0 bridgehead atoms. The molecule has 0 aliphatic carbocycles. The molecule has 2 aromatic rings. The Morgan fingerprint density at radius 3 is 2.84 bits per heavy atom. The molecule has 0 aliphatic heterocycles. The lowest BCUT2D eigenvalue weighted by Crippen LogP contribution is -2.04. The van der Waals surface area contributed by atoms with Crippen LogP contribution < -0.4 is 5.73 Å². The fraction of sp³-hybridized carbons (Fsp3) is 0.214. The number of halogens is 1. The van der Waals surface area contributed by atoms with Crippen molar-refractivity contribution in [3.63, 3.8) is 0 Å². The topological polar surface area (TPSA) is 52.3 Å². The largest absolute Gasteiger partial charge is 0.462 e. The Morgan fingerprint density at radius 1 is 1.42 bits per heavy atom. The minimum atomic E-state index is -0.379. The van der Waals surface area contributed by atoms with Crippen molar-refractivity contribution in [2.75, 3.05) is 12.3 Å². The van der Waals surface area contributed by atoms with Crippen molar-refractivity contribution in [1.82, 2.24) is 0 Å². The Hall–Kier alpha value is -1.52. The number of rotatable bonds is 3. The standard InChI is InChI=1S/C14H14ClNO2S/c1-3-18-14(17)13-11(16)7-12(19-13)10-6-9(15)5-4-8(10)2/h4-7H,3,16H2,1-2H3. The zero-order valence-electron chi connectivity index (χ0n) is 10.7. The van der Waals surface area contributed by atoms with Gasteiger partial charge in [-0.05, 0) is 43.2 Å². The maximum atomic E-state index is 11.7. The molecule has 2 rings (SSSR count). The first kappa shape index (κ1) is 13.9. The van der Waals surface area contributed by atoms with Gasteiger partial charge in [0.25, 0.3) is 0 Å². The number of carbonyl (C=O) groups excluding carboxylic acids is 1. The Labute approximate surface area is 121 Å². The van der Waals surface area contributed by atoms with Crippen LogP contribution in [-0.4, -0.2) is 12.6 Å². The molecule has 0 aliphatic rings. The number of hydrogen-bond acceptors (Lipinski definition) is 4. The van der Waals surface area contributed by atoms with Gasteiger partial charge in [0.1, 0.15) is 4.88 Å². The maximum Gasteiger partial charge on any atom is 0.350 e. The van der Waals surface area contributed by atoms with E-state index in [4.69, 9.17) is 22.1 Å². The summed E-state index contributed by atoms with van der Waals surface area (Å²) in [5.41, 5.74) is 8.39. The molecule has 3 nitrogen and oxygen atoms in total. The van der Waals surface area contributed by atoms with E-state index >= 15 is 0 Å². The minimum Gasteiger partial charge on any atom is -0.462 e. The highest BCUT2D eigenvalue weighted by atomic mass is 35.5. The van der Waals surface area contributed by atoms with Crippen molar-refractivity contribution >= 4 is 34.6 Å². The molecule has 0 spiro atoms. The zero-order valence-corrected chi connectivity index (χ0v) is 12.3. The molecule has 0 radical (unpaired) electrons. The molecule has 5 heteroatoms. The van der Waals surface area contributed by atoms with Crippen LogP contribution in [0.4, 0.5) is 5.69 Å². The fourth-order valence-electron chi connectivity index (χ4n) is 1.75. The first-order valence-corrected chi connectivity index (χ1v) is 7.05. The van der Waals surface area contributed by atoms with Gasteiger partial charge in [-0.3, -0.25) is 0 Å². The number of thiophene rings is 1. The molecule has 19 heavy (non-hydrogen) atoms. The van der Waals surface area contributed by atoms with Gasteiger partial charge < -0.3 is 10.5 Å². The highest BCUT2D eigenvalue weighted by Gasteiger charge is 2.17. The first-order chi connectivity index (χ1) is 9.02. The molecule has 0 amide bonds. The van der Waals surface area contributed by atoms with E-state index in [1.807, 2.05) is 25.1 Å². The van der Waals surface area contributed by atoms with Gasteiger partial charge in [-0.25, -0.2) is 4.79 Å². The number of esters is 1. The SMILES string of the molecule is CCOC(=O)c1sc(-c2cc(Cl)ccc2C)cc1N. The van der Waals surface area contributed by atoms with Crippen LogP contribution in [0.2, 0.25) is 5.02 Å². The van der Waals surface area contributed by atoms with Gasteiger partial charge in [0.05, 0.1) is 12.3 Å². The smallest absolute Gasteiger partial charge is 0.350 e. The van der Waals surface area contributed by atoms with Crippen LogP contribution in [-0.2, 0) is 4.74 Å². The van der Waals surface area contributed by atoms with Crippen LogP contribution in [0.1, 0.15) is 22.2 Å². The van der Waals surface area contributed by atoms with Crippen molar-refractivity contribution in [1.29, 1.82) is 0 Å². The third-order valence-corrected chi connectivity index (χ3v) is 4.09. The van der Waals surface area contributed by atoms with E-state index in [-0.39, 0.29) is 5.97 Å². The van der Waals surface area contributed by atoms with Crippen LogP contribution in [0, 0.1) is 6.92 Å². The van der Waals surface area contributed by atoms with Gasteiger partial charge in [0.2, 0.25) is 0 Å². The number of carbonyl (C=O) groups is 1. The molecule has 0 unspecified atom stereocenters. The average Bonchev–Trinajstić information content (AvgIpc) is 2.74. The second-order valence-electron chi connectivity index (χ2n) is 4.07. The Balaban J connectivity index is 2.44. The lowest BCUT2D eigenvalue weighted by molar-refractivity contribution is 0.0533. The highest BCUT2D eigenvalue weighted by molar-refractivity contribution is 7.18. The van der Waals surface area contributed by atoms with Crippen molar-refractivity contribution in [3.05, 3.63) is 39.7 Å². The Kier molecular flexibility index (Phi) is 4.12. The summed E-state index contributed by atoms with van der Waals surface area (Å²) in [6.45, 7) is 4.09. The number of nitrogen functional groups attached to an aromatic ring is 1. The number of nitrogens with two attached hydrogens (primary N) is 1. The van der Waals surface area contributed by atoms with Gasteiger partial charge in [0, 0.05) is 9.90 Å². The van der Waals surface area contributed by atoms with E-state index in [0.29, 0.717) is 22.2 Å². The number of ether oxygens (including phenoxy) is 1. The van der Waals surface area contributed by atoms with Gasteiger partial charge in [-0.15, -0.1) is 11.3 Å². The van der Waals surface area contributed by atoms with Crippen molar-refractivity contribution in [2.45, 2.75) is 13.8 Å². The predicted octanol–water partition coefficient (Wildman–Crippen LogP) is 4.14. The second-order valence-corrected chi connectivity index (χ2v) is 5.56. The molecule has 1 heterocycles. The third-order valence-electron chi connectivity index (χ3n) is 2.69. The van der Waals surface area contributed by atoms with Crippen molar-refractivity contribution in [3.8, 4) is 10.4 Å². The van der Waals surface area contributed by atoms with Crippen molar-refractivity contribution in [2.24, 2.45) is 0 Å². The van der Waals surface area contributed by atoms with Crippen LogP contribution in [0.15, 0.2) is 24.3 Å². The molecule has 0 saturated carbocycles. The Morgan fingerprint density at radius 2 is 2.16 bits per heavy atom. The lowest BCUT2D eigenvalue weighted by atomic mass is 10.1. The quantitative estimate of drug-likeness (QED) is 0.866. The molecular formula is C14H14ClNO2S. The Bertz CT molecular complexity index is 622. The summed E-state index contributed by atoms with van der Waals surface area (Å²) in [4.78, 5) is 13.1. The number of benzene rings is 1. The number of anilines is 1. The summed E-state index contributed by atoms with van der Waals surface area (Å²) < 4.78 is 4.98. The van der Waals surface area contributed by atoms with Crippen LogP contribution in [0.3, 0.4) is 0 Å². The third kappa shape index (κ3) is 2.91. The number of hydrogen-bond donors (Lipinski definition) is 1. The average molecular weight is 296 g/mol. The summed E-state index contributed by atoms with van der Waals surface area (Å²) in [6.07, 6.45) is 0. The van der Waals surface area contributed by atoms with Crippen molar-refractivity contribution < 1.29 is 9.53 Å². The zero-order chi connectivity index (χ0) is 14.0. The molecule has 1 aromatic carbocycles. The van der Waals surface area contributed by atoms with E-state index in [1.165, 1.54) is 11.3 Å². The monoisotopic (exact) mass is 295 g/mol. The van der Waals surface area contributed by atoms with E-state index in [1.54, 1.807) is 13.0 Å². The maximum absolute atomic E-state index is 11.7. The minimum absolute atomic E-state index is 0.335. The normalized spacial score (nSPS) is 10.5. The molecular weight excluding hydrogens is 282 g/mol. The molecule has 2 N–H and O–H groups in total. The van der Waals surface area contributed by atoms with E-state index in [0.717, 1.165) is 16.0 Å². The highest BCUT2D eigenvalue weighted by Crippen LogP contribution is 2.36. The van der Waals surface area contributed by atoms with Gasteiger partial charge in [0.15, 0.2) is 0 Å². The second kappa shape index (κ2) is 5.63. The van der Waals surface area contributed by atoms with Gasteiger partial charge in [-0.1, -0.05) is 17.7 Å². The van der Waals surface area contributed by atoms with Crippen LogP contribution in [0.25, 0.3) is 10.4 Å². The summed E-state index contributed by atoms with van der Waals surface area (Å²) in [5, 5.41) is 0.658. The first-order valence-electron chi connectivity index (χ1n) is 5.86. The summed E-state index contributed by atoms with van der Waals surface area (Å²) in [5.74, 6) is -0.379. The summed E-state index contributed by atoms with van der Waals surface area (Å²) in [7, 11) is 0. The molecule has 1 aromatic heterocycles. The van der Waals surface area contributed by atoms with Crippen LogP contribution in [0.5, 0.6) is 0 Å². The van der Waals surface area contributed by atoms with E-state index in [9.17, 15) is 4.79 Å². The summed E-state index contributed by atoms with van der Waals surface area (Å²) >= 11 is 7.33. The van der Waals surface area contributed by atoms with E-state index in [2.05, 4.69) is 0 Å². The van der Waals surface area contributed by atoms with E-state index < -0.39 is 0 Å². The predicted molar refractivity (Wildman–Crippen MR) is 79.9 cm³/mol. The molecule has 0 fully saturated rings. The van der Waals surface area contributed by atoms with Gasteiger partial charge in [-0.2, -0.15) is 0 Å². The lowest BCUT2D eigenvalue weighted by Gasteiger charge is -2.03. The molecule has 0 atom stereocenters. The molecule has 100 valence electrons. The summed E-state index contributed by atoms with van der Waals surface area (Å²) in [6, 6.07) is 7.44. The number of aryl methyl sites for hydroxylation is 1. The molecule has 0 saturated heterocycles.